The fourth-order valence-corrected chi connectivity index (χ4v) is 4.43. The van der Waals surface area contributed by atoms with E-state index in [-0.39, 0.29) is 11.6 Å². The van der Waals surface area contributed by atoms with E-state index in [0.29, 0.717) is 12.1 Å². The molecule has 1 saturated heterocycles. The minimum Gasteiger partial charge on any atom is -0.388 e. The molecule has 1 aromatic carbocycles. The maximum atomic E-state index is 13.2. The van der Waals surface area contributed by atoms with E-state index < -0.39 is 0 Å². The largest absolute Gasteiger partial charge is 0.388 e. The molecule has 0 bridgehead atoms. The standard InChI is InChI=1S/C20H25N3O.C10H14FN3.C2H6/c1-7-15(12-23(5)6)17-9-18-16(8-14(3)24)13(2)11-22-20(18)10-19(17)21-4;1-8-10(11)6-9(7-13-8)14-4-2-12-3-5-14;1-2/h7,9-12,21H,1,8H2,2-6H3;6-7,12H,2-5H2,1H3;1-2H3/b15-12+;;. The highest BCUT2D eigenvalue weighted by molar-refractivity contribution is 5.96. The van der Waals surface area contributed by atoms with Gasteiger partial charge in [0.15, 0.2) is 0 Å². The van der Waals surface area contributed by atoms with Crippen molar-refractivity contribution in [2.75, 3.05) is 57.5 Å². The van der Waals surface area contributed by atoms with Crippen LogP contribution in [0.15, 0.2) is 49.4 Å². The molecule has 0 radical (unpaired) electrons. The van der Waals surface area contributed by atoms with Crippen molar-refractivity contribution in [1.29, 1.82) is 0 Å². The molecule has 3 aromatic rings. The van der Waals surface area contributed by atoms with E-state index in [0.717, 1.165) is 70.7 Å². The maximum Gasteiger partial charge on any atom is 0.146 e. The van der Waals surface area contributed by atoms with Crippen molar-refractivity contribution >= 4 is 33.6 Å². The number of anilines is 2. The van der Waals surface area contributed by atoms with Gasteiger partial charge in [-0.3, -0.25) is 14.8 Å². The van der Waals surface area contributed by atoms with E-state index in [1.165, 1.54) is 0 Å². The molecule has 40 heavy (non-hydrogen) atoms. The Labute approximate surface area is 239 Å². The number of piperazine rings is 1. The molecule has 2 N–H and O–H groups in total. The first-order chi connectivity index (χ1) is 19.1. The number of carbonyl (C=O) groups excluding carboxylic acids is 1. The van der Waals surface area contributed by atoms with Crippen LogP contribution in [-0.4, -0.2) is 68.0 Å². The van der Waals surface area contributed by atoms with Crippen molar-refractivity contribution in [3.05, 3.63) is 77.6 Å². The summed E-state index contributed by atoms with van der Waals surface area (Å²) in [4.78, 5) is 24.4. The number of ketones is 1. The van der Waals surface area contributed by atoms with Crippen molar-refractivity contribution in [2.45, 2.75) is 41.0 Å². The molecule has 0 amide bonds. The van der Waals surface area contributed by atoms with Crippen LogP contribution in [0.3, 0.4) is 0 Å². The van der Waals surface area contributed by atoms with Gasteiger partial charge in [-0.25, -0.2) is 4.39 Å². The van der Waals surface area contributed by atoms with E-state index in [2.05, 4.69) is 38.1 Å². The van der Waals surface area contributed by atoms with Gasteiger partial charge < -0.3 is 20.4 Å². The number of hydrogen-bond donors (Lipinski definition) is 2. The van der Waals surface area contributed by atoms with Crippen molar-refractivity contribution in [1.82, 2.24) is 20.2 Å². The Morgan fingerprint density at radius 3 is 2.38 bits per heavy atom. The summed E-state index contributed by atoms with van der Waals surface area (Å²) in [6.07, 6.45) is 7.87. The number of hydrogen-bond acceptors (Lipinski definition) is 7. The molecule has 216 valence electrons. The van der Waals surface area contributed by atoms with Crippen LogP contribution in [0.4, 0.5) is 15.8 Å². The lowest BCUT2D eigenvalue weighted by atomic mass is 9.95. The van der Waals surface area contributed by atoms with Gasteiger partial charge in [-0.05, 0) is 49.6 Å². The van der Waals surface area contributed by atoms with Gasteiger partial charge in [0.1, 0.15) is 11.6 Å². The summed E-state index contributed by atoms with van der Waals surface area (Å²) in [7, 11) is 5.86. The van der Waals surface area contributed by atoms with Crippen molar-refractivity contribution in [3.8, 4) is 0 Å². The maximum absolute atomic E-state index is 13.2. The molecule has 0 spiro atoms. The number of Topliss-reactive ketones (excluding diaryl/α,β-unsaturated/α-hetero) is 1. The SMILES string of the molecule is C=C/C(=C\N(C)C)c1cc2c(CC(C)=O)c(C)cnc2cc1NC.CC.Cc1ncc(N2CCNCC2)cc1F. The Kier molecular flexibility index (Phi) is 12.7. The number of nitrogens with zero attached hydrogens (tertiary/aromatic N) is 4. The van der Waals surface area contributed by atoms with Gasteiger partial charge >= 0.3 is 0 Å². The molecule has 4 rings (SSSR count). The number of carbonyl (C=O) groups is 1. The smallest absolute Gasteiger partial charge is 0.146 e. The van der Waals surface area contributed by atoms with Crippen molar-refractivity contribution < 1.29 is 9.18 Å². The lowest BCUT2D eigenvalue weighted by Crippen LogP contribution is -2.43. The van der Waals surface area contributed by atoms with Crippen molar-refractivity contribution in [2.24, 2.45) is 0 Å². The molecule has 0 aliphatic carbocycles. The Morgan fingerprint density at radius 1 is 1.15 bits per heavy atom. The summed E-state index contributed by atoms with van der Waals surface area (Å²) in [6, 6.07) is 5.70. The number of fused-ring (bicyclic) bond motifs is 1. The van der Waals surface area contributed by atoms with Gasteiger partial charge in [0.05, 0.1) is 23.1 Å². The van der Waals surface area contributed by atoms with E-state index in [4.69, 9.17) is 0 Å². The van der Waals surface area contributed by atoms with E-state index >= 15 is 0 Å². The lowest BCUT2D eigenvalue weighted by Gasteiger charge is -2.29. The van der Waals surface area contributed by atoms with Crippen LogP contribution in [-0.2, 0) is 11.2 Å². The zero-order valence-corrected chi connectivity index (χ0v) is 25.4. The highest BCUT2D eigenvalue weighted by Gasteiger charge is 2.14. The predicted molar refractivity (Wildman–Crippen MR) is 168 cm³/mol. The average Bonchev–Trinajstić information content (AvgIpc) is 2.95. The third-order valence-electron chi connectivity index (χ3n) is 6.45. The summed E-state index contributed by atoms with van der Waals surface area (Å²) < 4.78 is 13.2. The first kappa shape index (κ1) is 32.4. The fourth-order valence-electron chi connectivity index (χ4n) is 4.43. The van der Waals surface area contributed by atoms with Crippen LogP contribution in [0, 0.1) is 19.7 Å². The molecule has 1 aliphatic heterocycles. The summed E-state index contributed by atoms with van der Waals surface area (Å²) in [5, 5.41) is 7.51. The number of nitrogens with one attached hydrogen (secondary N) is 2. The monoisotopic (exact) mass is 548 g/mol. The molecule has 0 atom stereocenters. The van der Waals surface area contributed by atoms with Gasteiger partial charge in [0.25, 0.3) is 0 Å². The van der Waals surface area contributed by atoms with Crippen LogP contribution in [0.5, 0.6) is 0 Å². The number of aryl methyl sites for hydroxylation is 2. The molecular formula is C32H45FN6O. The molecule has 0 unspecified atom stereocenters. The second kappa shape index (κ2) is 15.7. The van der Waals surface area contributed by atoms with Crippen LogP contribution in [0.1, 0.15) is 43.2 Å². The summed E-state index contributed by atoms with van der Waals surface area (Å²) >= 11 is 0. The van der Waals surface area contributed by atoms with Gasteiger partial charge in [-0.2, -0.15) is 0 Å². The number of benzene rings is 1. The average molecular weight is 549 g/mol. The Morgan fingerprint density at radius 2 is 1.82 bits per heavy atom. The number of rotatable bonds is 7. The second-order valence-corrected chi connectivity index (χ2v) is 9.71. The van der Waals surface area contributed by atoms with E-state index in [1.54, 1.807) is 26.1 Å². The number of halogens is 1. The quantitative estimate of drug-likeness (QED) is 0.363. The molecule has 3 heterocycles. The first-order valence-electron chi connectivity index (χ1n) is 13.8. The Bertz CT molecular complexity index is 1330. The Hall–Kier alpha value is -3.78. The topological polar surface area (TPSA) is 73.4 Å². The molecule has 1 fully saturated rings. The fraction of sp³-hybridized carbons (Fsp3) is 0.406. The Balaban J connectivity index is 0.000000296. The number of pyridine rings is 2. The third kappa shape index (κ3) is 8.61. The van der Waals surface area contributed by atoms with E-state index in [9.17, 15) is 9.18 Å². The van der Waals surface area contributed by atoms with Gasteiger partial charge in [-0.15, -0.1) is 0 Å². The van der Waals surface area contributed by atoms with Gasteiger partial charge in [0, 0.05) is 88.8 Å². The highest BCUT2D eigenvalue weighted by atomic mass is 19.1. The first-order valence-corrected chi connectivity index (χ1v) is 13.8. The zero-order valence-electron chi connectivity index (χ0n) is 25.4. The number of allylic oxidation sites excluding steroid dienone is 2. The van der Waals surface area contributed by atoms with E-state index in [1.807, 2.05) is 71.4 Å². The van der Waals surface area contributed by atoms with Crippen LogP contribution in [0.2, 0.25) is 0 Å². The molecular weight excluding hydrogens is 503 g/mol. The summed E-state index contributed by atoms with van der Waals surface area (Å²) in [5.74, 6) is -0.0707. The molecule has 7 nitrogen and oxygen atoms in total. The molecule has 1 aliphatic rings. The summed E-state index contributed by atoms with van der Waals surface area (Å²) in [5.41, 5.74) is 7.37. The normalized spacial score (nSPS) is 13.0. The van der Waals surface area contributed by atoms with Crippen LogP contribution >= 0.6 is 0 Å². The highest BCUT2D eigenvalue weighted by Crippen LogP contribution is 2.32. The minimum atomic E-state index is -0.221. The van der Waals surface area contributed by atoms with Gasteiger partial charge in [0.2, 0.25) is 0 Å². The predicted octanol–water partition coefficient (Wildman–Crippen LogP) is 5.77. The van der Waals surface area contributed by atoms with Crippen molar-refractivity contribution in [3.63, 3.8) is 0 Å². The zero-order chi connectivity index (χ0) is 29.8. The molecule has 8 heteroatoms. The van der Waals surface area contributed by atoms with Crippen LogP contribution < -0.4 is 15.5 Å². The minimum absolute atomic E-state index is 0.151. The lowest BCUT2D eigenvalue weighted by molar-refractivity contribution is -0.116. The second-order valence-electron chi connectivity index (χ2n) is 9.71. The van der Waals surface area contributed by atoms with Gasteiger partial charge in [-0.1, -0.05) is 26.5 Å². The third-order valence-corrected chi connectivity index (χ3v) is 6.45. The number of aromatic nitrogens is 2. The molecule has 0 saturated carbocycles. The molecule has 2 aromatic heterocycles. The summed E-state index contributed by atoms with van der Waals surface area (Å²) in [6.45, 7) is 17.0. The van der Waals surface area contributed by atoms with Crippen LogP contribution in [0.25, 0.3) is 16.5 Å².